The largest absolute Gasteiger partial charge is 0.336 e. The Balaban J connectivity index is 3.28. The molecular weight excluding hydrogens is 130 g/mol. The maximum absolute atomic E-state index is 4.76. The Kier molecular flexibility index (Phi) is 0.768. The van der Waals surface area contributed by atoms with Crippen LogP contribution in [0.5, 0.6) is 0 Å². The van der Waals surface area contributed by atoms with E-state index in [-0.39, 0.29) is 0 Å². The molecule has 4 nitrogen and oxygen atoms in total. The summed E-state index contributed by atoms with van der Waals surface area (Å²) in [6.45, 7) is 7.25. The van der Waals surface area contributed by atoms with Crippen LogP contribution in [0.15, 0.2) is 10.7 Å². The lowest BCUT2D eigenvalue weighted by Crippen LogP contribution is -2.18. The molecule has 0 saturated carbocycles. The van der Waals surface area contributed by atoms with Gasteiger partial charge in [-0.05, 0) is 6.58 Å². The third-order valence-electron chi connectivity index (χ3n) is 1.31. The monoisotopic (exact) mass is 135 g/mol. The molecule has 0 radical (unpaired) electrons. The predicted molar refractivity (Wildman–Crippen MR) is 35.5 cm³/mol. The normalized spacial score (nSPS) is 10.8. The Labute approximate surface area is 56.1 Å². The highest BCUT2D eigenvalue weighted by Crippen LogP contribution is 1.84. The van der Waals surface area contributed by atoms with Crippen LogP contribution in [0.4, 0.5) is 0 Å². The topological polar surface area (TPSA) is 43.3 Å². The SMILES string of the molecule is C=c1ncc2noc(=C)n12. The van der Waals surface area contributed by atoms with Crippen molar-refractivity contribution < 1.29 is 4.52 Å². The maximum atomic E-state index is 4.76. The van der Waals surface area contributed by atoms with E-state index in [0.717, 1.165) is 0 Å². The van der Waals surface area contributed by atoms with E-state index in [1.165, 1.54) is 0 Å². The fraction of sp³-hybridized carbons (Fsp3) is 0. The fourth-order valence-electron chi connectivity index (χ4n) is 0.856. The average Bonchev–Trinajstić information content (AvgIpc) is 2.40. The minimum absolute atomic E-state index is 0.456. The Hall–Kier alpha value is -1.58. The minimum Gasteiger partial charge on any atom is -0.336 e. The highest BCUT2D eigenvalue weighted by atomic mass is 16.5. The van der Waals surface area contributed by atoms with Crippen molar-refractivity contribution in [3.05, 3.63) is 17.2 Å². The molecule has 0 aliphatic heterocycles. The van der Waals surface area contributed by atoms with Crippen LogP contribution < -0.4 is 11.0 Å². The van der Waals surface area contributed by atoms with Crippen molar-refractivity contribution in [2.45, 2.75) is 0 Å². The first kappa shape index (κ1) is 5.22. The zero-order chi connectivity index (χ0) is 7.14. The van der Waals surface area contributed by atoms with Crippen molar-refractivity contribution >= 4 is 18.8 Å². The lowest BCUT2D eigenvalue weighted by atomic mass is 10.8. The molecule has 2 aromatic rings. The second-order valence-corrected chi connectivity index (χ2v) is 1.94. The molecule has 0 aliphatic rings. The molecule has 2 rings (SSSR count). The van der Waals surface area contributed by atoms with Crippen LogP contribution in [0.1, 0.15) is 0 Å². The number of rotatable bonds is 0. The van der Waals surface area contributed by atoms with Crippen LogP contribution in [0.2, 0.25) is 0 Å². The van der Waals surface area contributed by atoms with E-state index < -0.39 is 0 Å². The predicted octanol–water partition coefficient (Wildman–Crippen LogP) is -0.857. The van der Waals surface area contributed by atoms with Crippen LogP contribution in [0, 0.1) is 0 Å². The van der Waals surface area contributed by atoms with Crippen molar-refractivity contribution in [3.8, 4) is 0 Å². The molecule has 0 aromatic carbocycles. The van der Waals surface area contributed by atoms with Gasteiger partial charge >= 0.3 is 0 Å². The Morgan fingerprint density at radius 1 is 1.50 bits per heavy atom. The summed E-state index contributed by atoms with van der Waals surface area (Å²) in [4.78, 5) is 3.91. The molecule has 0 atom stereocenters. The third-order valence-corrected chi connectivity index (χ3v) is 1.31. The van der Waals surface area contributed by atoms with Gasteiger partial charge in [0, 0.05) is 0 Å². The van der Waals surface area contributed by atoms with E-state index >= 15 is 0 Å². The molecular formula is C6H5N3O. The third kappa shape index (κ3) is 0.452. The van der Waals surface area contributed by atoms with Crippen LogP contribution in [0.3, 0.4) is 0 Å². The quantitative estimate of drug-likeness (QED) is 0.472. The van der Waals surface area contributed by atoms with Gasteiger partial charge in [-0.2, -0.15) is 0 Å². The van der Waals surface area contributed by atoms with E-state index in [1.807, 2.05) is 0 Å². The highest BCUT2D eigenvalue weighted by Gasteiger charge is 1.98. The molecule has 0 fully saturated rings. The molecule has 4 heteroatoms. The number of imidazole rings is 1. The summed E-state index contributed by atoms with van der Waals surface area (Å²) in [6, 6.07) is 0. The van der Waals surface area contributed by atoms with Crippen molar-refractivity contribution in [2.75, 3.05) is 0 Å². The summed E-state index contributed by atoms with van der Waals surface area (Å²) in [5.74, 6) is 0. The van der Waals surface area contributed by atoms with Gasteiger partial charge in [-0.15, -0.1) is 0 Å². The Morgan fingerprint density at radius 2 is 2.30 bits per heavy atom. The van der Waals surface area contributed by atoms with Crippen LogP contribution >= 0.6 is 0 Å². The first-order valence-corrected chi connectivity index (χ1v) is 2.76. The molecule has 0 N–H and O–H groups in total. The van der Waals surface area contributed by atoms with Gasteiger partial charge < -0.3 is 4.52 Å². The molecule has 0 aliphatic carbocycles. The van der Waals surface area contributed by atoms with E-state index in [4.69, 9.17) is 4.52 Å². The smallest absolute Gasteiger partial charge is 0.229 e. The van der Waals surface area contributed by atoms with E-state index in [9.17, 15) is 0 Å². The Morgan fingerprint density at radius 3 is 3.00 bits per heavy atom. The summed E-state index contributed by atoms with van der Waals surface area (Å²) in [7, 11) is 0. The maximum Gasteiger partial charge on any atom is 0.229 e. The average molecular weight is 135 g/mol. The molecule has 0 saturated heterocycles. The van der Waals surface area contributed by atoms with Crippen molar-refractivity contribution in [1.29, 1.82) is 0 Å². The first-order chi connectivity index (χ1) is 4.79. The van der Waals surface area contributed by atoms with E-state index in [0.29, 0.717) is 16.7 Å². The summed E-state index contributed by atoms with van der Waals surface area (Å²) in [5, 5.41) is 3.66. The summed E-state index contributed by atoms with van der Waals surface area (Å²) in [6.07, 6.45) is 1.58. The van der Waals surface area contributed by atoms with Crippen molar-refractivity contribution in [2.24, 2.45) is 0 Å². The van der Waals surface area contributed by atoms with Gasteiger partial charge in [0.25, 0.3) is 0 Å². The van der Waals surface area contributed by atoms with Gasteiger partial charge in [0.1, 0.15) is 5.48 Å². The molecule has 10 heavy (non-hydrogen) atoms. The molecule has 0 unspecified atom stereocenters. The first-order valence-electron chi connectivity index (χ1n) is 2.76. The Bertz CT molecular complexity index is 413. The van der Waals surface area contributed by atoms with Gasteiger partial charge in [-0.3, -0.25) is 0 Å². The number of nitrogens with zero attached hydrogens (tertiary/aromatic N) is 3. The molecule has 50 valence electrons. The lowest BCUT2D eigenvalue weighted by molar-refractivity contribution is 0.391. The lowest BCUT2D eigenvalue weighted by Gasteiger charge is -1.74. The van der Waals surface area contributed by atoms with Gasteiger partial charge in [-0.25, -0.2) is 9.38 Å². The standard InChI is InChI=1S/C6H5N3O/c1-4-7-3-6-8-10-5(2)9(4)6/h3H,1-2H2. The molecule has 2 heterocycles. The van der Waals surface area contributed by atoms with Crippen molar-refractivity contribution in [3.63, 3.8) is 0 Å². The van der Waals surface area contributed by atoms with Crippen LogP contribution in [-0.4, -0.2) is 14.5 Å². The van der Waals surface area contributed by atoms with Crippen molar-refractivity contribution in [1.82, 2.24) is 14.5 Å². The van der Waals surface area contributed by atoms with Crippen LogP contribution in [-0.2, 0) is 0 Å². The van der Waals surface area contributed by atoms with E-state index in [1.54, 1.807) is 10.6 Å². The minimum atomic E-state index is 0.456. The highest BCUT2D eigenvalue weighted by molar-refractivity contribution is 5.32. The fourth-order valence-corrected chi connectivity index (χ4v) is 0.856. The summed E-state index contributed by atoms with van der Waals surface area (Å²) < 4.78 is 6.40. The summed E-state index contributed by atoms with van der Waals surface area (Å²) in [5.41, 5.74) is 1.70. The number of fused-ring (bicyclic) bond motifs is 1. The van der Waals surface area contributed by atoms with Gasteiger partial charge in [0.2, 0.25) is 5.55 Å². The van der Waals surface area contributed by atoms with Gasteiger partial charge in [0.05, 0.1) is 6.20 Å². The molecule has 0 bridgehead atoms. The second-order valence-electron chi connectivity index (χ2n) is 1.94. The zero-order valence-corrected chi connectivity index (χ0v) is 5.24. The molecule has 2 aromatic heterocycles. The number of hydrogen-bond donors (Lipinski definition) is 0. The number of aromatic nitrogens is 3. The molecule has 0 amide bonds. The molecule has 0 spiro atoms. The number of hydrogen-bond acceptors (Lipinski definition) is 3. The van der Waals surface area contributed by atoms with Crippen LogP contribution in [0.25, 0.3) is 18.8 Å². The van der Waals surface area contributed by atoms with Gasteiger partial charge in [-0.1, -0.05) is 11.7 Å². The summed E-state index contributed by atoms with van der Waals surface area (Å²) >= 11 is 0. The zero-order valence-electron chi connectivity index (χ0n) is 5.24. The van der Waals surface area contributed by atoms with E-state index in [2.05, 4.69) is 23.3 Å². The van der Waals surface area contributed by atoms with Gasteiger partial charge in [0.15, 0.2) is 5.65 Å². The second kappa shape index (κ2) is 1.47.